The second-order valence-corrected chi connectivity index (χ2v) is 7.20. The zero-order chi connectivity index (χ0) is 19.5. The maximum Gasteiger partial charge on any atom is 0.234 e. The first-order valence-corrected chi connectivity index (χ1v) is 9.98. The van der Waals surface area contributed by atoms with Crippen molar-refractivity contribution in [2.45, 2.75) is 18.6 Å². The highest BCUT2D eigenvalue weighted by atomic mass is 32.2. The van der Waals surface area contributed by atoms with Crippen LogP contribution in [0.1, 0.15) is 6.92 Å². The van der Waals surface area contributed by atoms with Crippen molar-refractivity contribution in [3.05, 3.63) is 54.7 Å². The van der Waals surface area contributed by atoms with Crippen LogP contribution in [-0.2, 0) is 18.4 Å². The number of aryl methyl sites for hydroxylation is 1. The summed E-state index contributed by atoms with van der Waals surface area (Å²) in [4.78, 5) is 12.2. The van der Waals surface area contributed by atoms with Crippen molar-refractivity contribution in [1.82, 2.24) is 24.5 Å². The monoisotopic (exact) mass is 392 g/mol. The zero-order valence-corrected chi connectivity index (χ0v) is 16.5. The summed E-state index contributed by atoms with van der Waals surface area (Å²) >= 11 is 1.38. The summed E-state index contributed by atoms with van der Waals surface area (Å²) < 4.78 is 3.87. The molecule has 142 valence electrons. The van der Waals surface area contributed by atoms with Gasteiger partial charge >= 0.3 is 0 Å². The SMILES string of the molecule is CCn1c(SCC(=O)Nc2ccccc2)nnc1-c1cccc2c1cnn2C. The van der Waals surface area contributed by atoms with E-state index in [-0.39, 0.29) is 11.7 Å². The van der Waals surface area contributed by atoms with Crippen LogP contribution in [0.3, 0.4) is 0 Å². The lowest BCUT2D eigenvalue weighted by atomic mass is 10.1. The lowest BCUT2D eigenvalue weighted by Gasteiger charge is -2.08. The second kappa shape index (κ2) is 7.85. The number of para-hydroxylation sites is 1. The number of aromatic nitrogens is 5. The fourth-order valence-electron chi connectivity index (χ4n) is 3.10. The molecule has 0 saturated heterocycles. The Labute approximate surface area is 166 Å². The van der Waals surface area contributed by atoms with Crippen LogP contribution in [0, 0.1) is 0 Å². The maximum absolute atomic E-state index is 12.2. The number of nitrogens with zero attached hydrogens (tertiary/aromatic N) is 5. The highest BCUT2D eigenvalue weighted by molar-refractivity contribution is 7.99. The van der Waals surface area contributed by atoms with Crippen LogP contribution in [0.4, 0.5) is 5.69 Å². The Morgan fingerprint density at radius 2 is 1.93 bits per heavy atom. The Hall–Kier alpha value is -3.13. The maximum atomic E-state index is 12.2. The van der Waals surface area contributed by atoms with Gasteiger partial charge in [0.1, 0.15) is 0 Å². The Morgan fingerprint density at radius 3 is 2.71 bits per heavy atom. The molecule has 1 amide bonds. The van der Waals surface area contributed by atoms with Crippen LogP contribution in [0.15, 0.2) is 59.9 Å². The summed E-state index contributed by atoms with van der Waals surface area (Å²) in [6.07, 6.45) is 1.85. The number of fused-ring (bicyclic) bond motifs is 1. The Bertz CT molecular complexity index is 1120. The summed E-state index contributed by atoms with van der Waals surface area (Å²) in [5, 5.41) is 17.7. The van der Waals surface area contributed by atoms with Crippen LogP contribution in [-0.4, -0.2) is 36.2 Å². The van der Waals surface area contributed by atoms with Gasteiger partial charge in [-0.15, -0.1) is 10.2 Å². The molecule has 4 rings (SSSR count). The molecular formula is C20H20N6OS. The van der Waals surface area contributed by atoms with Crippen LogP contribution in [0.2, 0.25) is 0 Å². The highest BCUT2D eigenvalue weighted by Crippen LogP contribution is 2.29. The molecule has 0 aliphatic heterocycles. The molecule has 28 heavy (non-hydrogen) atoms. The van der Waals surface area contributed by atoms with E-state index in [1.807, 2.05) is 77.9 Å². The Kier molecular flexibility index (Phi) is 5.12. The van der Waals surface area contributed by atoms with Crippen molar-refractivity contribution >= 4 is 34.3 Å². The number of hydrogen-bond donors (Lipinski definition) is 1. The third-order valence-electron chi connectivity index (χ3n) is 4.46. The van der Waals surface area contributed by atoms with E-state index in [0.717, 1.165) is 33.1 Å². The summed E-state index contributed by atoms with van der Waals surface area (Å²) in [7, 11) is 1.92. The molecule has 0 unspecified atom stereocenters. The van der Waals surface area contributed by atoms with E-state index in [0.29, 0.717) is 6.54 Å². The molecule has 0 aliphatic carbocycles. The van der Waals surface area contributed by atoms with Crippen molar-refractivity contribution in [3.8, 4) is 11.4 Å². The predicted molar refractivity (Wildman–Crippen MR) is 111 cm³/mol. The number of anilines is 1. The third kappa shape index (κ3) is 3.50. The highest BCUT2D eigenvalue weighted by Gasteiger charge is 2.17. The van der Waals surface area contributed by atoms with Gasteiger partial charge in [-0.05, 0) is 25.1 Å². The molecule has 0 bridgehead atoms. The summed E-state index contributed by atoms with van der Waals surface area (Å²) in [5.74, 6) is 0.981. The third-order valence-corrected chi connectivity index (χ3v) is 5.42. The average molecular weight is 392 g/mol. The van der Waals surface area contributed by atoms with Gasteiger partial charge in [0.05, 0.1) is 17.5 Å². The Morgan fingerprint density at radius 1 is 1.11 bits per heavy atom. The number of carbonyl (C=O) groups is 1. The van der Waals surface area contributed by atoms with Gasteiger partial charge in [-0.2, -0.15) is 5.10 Å². The van der Waals surface area contributed by atoms with Crippen molar-refractivity contribution in [3.63, 3.8) is 0 Å². The van der Waals surface area contributed by atoms with Gasteiger partial charge in [0, 0.05) is 30.2 Å². The summed E-state index contributed by atoms with van der Waals surface area (Å²) in [6.45, 7) is 2.76. The fraction of sp³-hybridized carbons (Fsp3) is 0.200. The average Bonchev–Trinajstić information content (AvgIpc) is 3.30. The topological polar surface area (TPSA) is 77.6 Å². The van der Waals surface area contributed by atoms with E-state index in [1.165, 1.54) is 11.8 Å². The number of benzene rings is 2. The first-order valence-electron chi connectivity index (χ1n) is 8.99. The molecule has 4 aromatic rings. The number of amides is 1. The normalized spacial score (nSPS) is 11.1. The second-order valence-electron chi connectivity index (χ2n) is 6.26. The molecule has 0 aliphatic rings. The molecule has 2 aromatic heterocycles. The molecule has 2 aromatic carbocycles. The molecule has 2 heterocycles. The minimum Gasteiger partial charge on any atom is -0.325 e. The zero-order valence-electron chi connectivity index (χ0n) is 15.7. The minimum atomic E-state index is -0.0715. The molecule has 8 heteroatoms. The van der Waals surface area contributed by atoms with Gasteiger partial charge in [0.25, 0.3) is 0 Å². The number of hydrogen-bond acceptors (Lipinski definition) is 5. The number of rotatable bonds is 6. The first kappa shape index (κ1) is 18.2. The lowest BCUT2D eigenvalue weighted by Crippen LogP contribution is -2.14. The van der Waals surface area contributed by atoms with Crippen LogP contribution in [0.5, 0.6) is 0 Å². The molecule has 7 nitrogen and oxygen atoms in total. The predicted octanol–water partition coefficient (Wildman–Crippen LogP) is 3.58. The van der Waals surface area contributed by atoms with E-state index < -0.39 is 0 Å². The fourth-order valence-corrected chi connectivity index (χ4v) is 3.90. The van der Waals surface area contributed by atoms with E-state index in [2.05, 4.69) is 20.6 Å². The largest absolute Gasteiger partial charge is 0.325 e. The Balaban J connectivity index is 1.55. The molecule has 0 spiro atoms. The van der Waals surface area contributed by atoms with Gasteiger partial charge in [-0.3, -0.25) is 9.48 Å². The molecule has 1 N–H and O–H groups in total. The van der Waals surface area contributed by atoms with Crippen molar-refractivity contribution in [2.24, 2.45) is 7.05 Å². The first-order chi connectivity index (χ1) is 13.7. The molecule has 0 atom stereocenters. The van der Waals surface area contributed by atoms with Gasteiger partial charge in [0.15, 0.2) is 11.0 Å². The smallest absolute Gasteiger partial charge is 0.234 e. The van der Waals surface area contributed by atoms with Crippen molar-refractivity contribution < 1.29 is 4.79 Å². The quantitative estimate of drug-likeness (QED) is 0.508. The van der Waals surface area contributed by atoms with E-state index in [1.54, 1.807) is 0 Å². The van der Waals surface area contributed by atoms with Gasteiger partial charge < -0.3 is 9.88 Å². The van der Waals surface area contributed by atoms with Crippen LogP contribution in [0.25, 0.3) is 22.3 Å². The van der Waals surface area contributed by atoms with Gasteiger partial charge in [-0.1, -0.05) is 42.1 Å². The van der Waals surface area contributed by atoms with Crippen molar-refractivity contribution in [2.75, 3.05) is 11.1 Å². The van der Waals surface area contributed by atoms with Crippen LogP contribution >= 0.6 is 11.8 Å². The summed E-state index contributed by atoms with van der Waals surface area (Å²) in [6, 6.07) is 15.5. The number of thioether (sulfide) groups is 1. The molecule has 0 fully saturated rings. The molecule has 0 saturated carbocycles. The van der Waals surface area contributed by atoms with E-state index >= 15 is 0 Å². The van der Waals surface area contributed by atoms with E-state index in [4.69, 9.17) is 0 Å². The van der Waals surface area contributed by atoms with Crippen LogP contribution < -0.4 is 5.32 Å². The standard InChI is InChI=1S/C20H20N6OS/c1-3-26-19(15-10-7-11-17-16(15)12-21-25(17)2)23-24-20(26)28-13-18(27)22-14-8-5-4-6-9-14/h4-12H,3,13H2,1-2H3,(H,22,27). The molecule has 0 radical (unpaired) electrons. The minimum absolute atomic E-state index is 0.0715. The summed E-state index contributed by atoms with van der Waals surface area (Å²) in [5.41, 5.74) is 2.81. The number of nitrogens with one attached hydrogen (secondary N) is 1. The number of carbonyl (C=O) groups excluding carboxylic acids is 1. The van der Waals surface area contributed by atoms with Crippen molar-refractivity contribution in [1.29, 1.82) is 0 Å². The molecular weight excluding hydrogens is 372 g/mol. The van der Waals surface area contributed by atoms with Gasteiger partial charge in [-0.25, -0.2) is 0 Å². The van der Waals surface area contributed by atoms with E-state index in [9.17, 15) is 4.79 Å². The van der Waals surface area contributed by atoms with Gasteiger partial charge in [0.2, 0.25) is 5.91 Å². The lowest BCUT2D eigenvalue weighted by molar-refractivity contribution is -0.113.